The molecule has 0 bridgehead atoms. The van der Waals surface area contributed by atoms with Crippen molar-refractivity contribution in [2.24, 2.45) is 0 Å². The zero-order valence-corrected chi connectivity index (χ0v) is 15.2. The highest BCUT2D eigenvalue weighted by Gasteiger charge is 2.43. The Bertz CT molecular complexity index is 692. The second-order valence-corrected chi connectivity index (χ2v) is 7.01. The quantitative estimate of drug-likeness (QED) is 0.798. The van der Waals surface area contributed by atoms with Gasteiger partial charge in [-0.2, -0.15) is 0 Å². The minimum absolute atomic E-state index is 0.165. The fourth-order valence-electron chi connectivity index (χ4n) is 4.02. The Morgan fingerprint density at radius 1 is 1.15 bits per heavy atom. The van der Waals surface area contributed by atoms with E-state index >= 15 is 0 Å². The van der Waals surface area contributed by atoms with Crippen LogP contribution in [0.15, 0.2) is 48.8 Å². The van der Waals surface area contributed by atoms with Gasteiger partial charge in [0.25, 0.3) is 0 Å². The number of pyridine rings is 1. The maximum absolute atomic E-state index is 6.18. The minimum atomic E-state index is 0.165. The SMILES string of the molecule is COc1ccc(CN2CCO[C@H]3[C@H](OCc4cccnc4)CC[C@@H]32)cc1. The number of benzene rings is 1. The summed E-state index contributed by atoms with van der Waals surface area (Å²) < 4.78 is 17.5. The molecule has 138 valence electrons. The standard InChI is InChI=1S/C21H26N2O3/c1-24-18-6-4-16(5-7-18)14-23-11-12-25-21-19(23)8-9-20(21)26-15-17-3-2-10-22-13-17/h2-7,10,13,19-21H,8-9,11-12,14-15H2,1H3/t19-,20+,21+/m0/s1. The number of rotatable bonds is 6. The zero-order chi connectivity index (χ0) is 17.8. The summed E-state index contributed by atoms with van der Waals surface area (Å²) >= 11 is 0. The second-order valence-electron chi connectivity index (χ2n) is 7.01. The Labute approximate surface area is 154 Å². The normalized spacial score (nSPS) is 25.8. The Kier molecular flexibility index (Phi) is 5.48. The third-order valence-electron chi connectivity index (χ3n) is 5.38. The van der Waals surface area contributed by atoms with Crippen LogP contribution in [-0.2, 0) is 22.6 Å². The molecule has 0 spiro atoms. The molecule has 3 atom stereocenters. The van der Waals surface area contributed by atoms with Gasteiger partial charge in [-0.05, 0) is 42.2 Å². The molecule has 1 aromatic heterocycles. The topological polar surface area (TPSA) is 43.8 Å². The monoisotopic (exact) mass is 354 g/mol. The number of nitrogens with zero attached hydrogens (tertiary/aromatic N) is 2. The molecule has 2 aliphatic rings. The van der Waals surface area contributed by atoms with Gasteiger partial charge in [0.1, 0.15) is 5.75 Å². The Morgan fingerprint density at radius 2 is 2.04 bits per heavy atom. The summed E-state index contributed by atoms with van der Waals surface area (Å²) in [7, 11) is 1.70. The van der Waals surface area contributed by atoms with Crippen LogP contribution in [0.2, 0.25) is 0 Å². The van der Waals surface area contributed by atoms with Crippen molar-refractivity contribution in [2.75, 3.05) is 20.3 Å². The Hall–Kier alpha value is -1.95. The van der Waals surface area contributed by atoms with Crippen molar-refractivity contribution in [1.82, 2.24) is 9.88 Å². The molecule has 1 aliphatic heterocycles. The lowest BCUT2D eigenvalue weighted by molar-refractivity contribution is -0.118. The lowest BCUT2D eigenvalue weighted by Gasteiger charge is -2.39. The molecule has 5 heteroatoms. The highest BCUT2D eigenvalue weighted by molar-refractivity contribution is 5.27. The van der Waals surface area contributed by atoms with Gasteiger partial charge in [0.05, 0.1) is 32.5 Å². The molecule has 1 saturated carbocycles. The first-order valence-electron chi connectivity index (χ1n) is 9.32. The van der Waals surface area contributed by atoms with Gasteiger partial charge >= 0.3 is 0 Å². The molecule has 2 heterocycles. The van der Waals surface area contributed by atoms with Gasteiger partial charge in [-0.1, -0.05) is 18.2 Å². The lowest BCUT2D eigenvalue weighted by Crippen LogP contribution is -2.51. The number of hydrogen-bond acceptors (Lipinski definition) is 5. The third kappa shape index (κ3) is 3.90. The molecule has 0 unspecified atom stereocenters. The summed E-state index contributed by atoms with van der Waals surface area (Å²) in [5, 5.41) is 0. The molecule has 2 aromatic rings. The van der Waals surface area contributed by atoms with Crippen LogP contribution in [-0.4, -0.2) is 48.4 Å². The van der Waals surface area contributed by atoms with E-state index in [2.05, 4.69) is 28.1 Å². The van der Waals surface area contributed by atoms with Crippen molar-refractivity contribution in [2.45, 2.75) is 44.2 Å². The van der Waals surface area contributed by atoms with Crippen molar-refractivity contribution < 1.29 is 14.2 Å². The van der Waals surface area contributed by atoms with E-state index in [-0.39, 0.29) is 12.2 Å². The summed E-state index contributed by atoms with van der Waals surface area (Å²) in [5.74, 6) is 0.901. The molecule has 0 N–H and O–H groups in total. The fraction of sp³-hybridized carbons (Fsp3) is 0.476. The van der Waals surface area contributed by atoms with E-state index in [1.54, 1.807) is 13.3 Å². The molecule has 0 radical (unpaired) electrons. The highest BCUT2D eigenvalue weighted by Crippen LogP contribution is 2.33. The van der Waals surface area contributed by atoms with Crippen molar-refractivity contribution in [1.29, 1.82) is 0 Å². The maximum Gasteiger partial charge on any atom is 0.118 e. The minimum Gasteiger partial charge on any atom is -0.497 e. The van der Waals surface area contributed by atoms with Crippen LogP contribution in [0, 0.1) is 0 Å². The molecule has 26 heavy (non-hydrogen) atoms. The van der Waals surface area contributed by atoms with Gasteiger partial charge in [-0.3, -0.25) is 9.88 Å². The van der Waals surface area contributed by atoms with E-state index in [4.69, 9.17) is 14.2 Å². The van der Waals surface area contributed by atoms with E-state index in [1.807, 2.05) is 24.4 Å². The predicted molar refractivity (Wildman–Crippen MR) is 99.0 cm³/mol. The van der Waals surface area contributed by atoms with Gasteiger partial charge < -0.3 is 14.2 Å². The molecule has 2 fully saturated rings. The molecular weight excluding hydrogens is 328 g/mol. The van der Waals surface area contributed by atoms with Crippen LogP contribution in [0.3, 0.4) is 0 Å². The first-order chi connectivity index (χ1) is 12.8. The smallest absolute Gasteiger partial charge is 0.118 e. The maximum atomic E-state index is 6.18. The number of hydrogen-bond donors (Lipinski definition) is 0. The Morgan fingerprint density at radius 3 is 2.81 bits per heavy atom. The largest absolute Gasteiger partial charge is 0.497 e. The summed E-state index contributed by atoms with van der Waals surface area (Å²) in [6, 6.07) is 12.8. The van der Waals surface area contributed by atoms with Gasteiger partial charge in [0.2, 0.25) is 0 Å². The van der Waals surface area contributed by atoms with Crippen LogP contribution in [0.5, 0.6) is 5.75 Å². The third-order valence-corrected chi connectivity index (χ3v) is 5.38. The summed E-state index contributed by atoms with van der Waals surface area (Å²) in [6.45, 7) is 3.29. The van der Waals surface area contributed by atoms with E-state index < -0.39 is 0 Å². The van der Waals surface area contributed by atoms with Gasteiger partial charge in [-0.25, -0.2) is 0 Å². The van der Waals surface area contributed by atoms with Crippen LogP contribution in [0.1, 0.15) is 24.0 Å². The number of aromatic nitrogens is 1. The van der Waals surface area contributed by atoms with Crippen LogP contribution >= 0.6 is 0 Å². The van der Waals surface area contributed by atoms with Crippen molar-refractivity contribution in [3.8, 4) is 5.75 Å². The van der Waals surface area contributed by atoms with Crippen molar-refractivity contribution >= 4 is 0 Å². The number of methoxy groups -OCH3 is 1. The van der Waals surface area contributed by atoms with Crippen molar-refractivity contribution in [3.63, 3.8) is 0 Å². The van der Waals surface area contributed by atoms with Crippen molar-refractivity contribution in [3.05, 3.63) is 59.9 Å². The highest BCUT2D eigenvalue weighted by atomic mass is 16.5. The molecule has 5 nitrogen and oxygen atoms in total. The average Bonchev–Trinajstić information content (AvgIpc) is 3.12. The summed E-state index contributed by atoms with van der Waals surface area (Å²) in [5.41, 5.74) is 2.42. The first kappa shape index (κ1) is 17.5. The van der Waals surface area contributed by atoms with Crippen LogP contribution < -0.4 is 4.74 Å². The number of fused-ring (bicyclic) bond motifs is 1. The fourth-order valence-corrected chi connectivity index (χ4v) is 4.02. The molecule has 0 amide bonds. The molecule has 1 aromatic carbocycles. The van der Waals surface area contributed by atoms with E-state index in [0.29, 0.717) is 12.6 Å². The van der Waals surface area contributed by atoms with Crippen LogP contribution in [0.25, 0.3) is 0 Å². The van der Waals surface area contributed by atoms with E-state index in [1.165, 1.54) is 5.56 Å². The summed E-state index contributed by atoms with van der Waals surface area (Å²) in [6.07, 6.45) is 6.16. The second kappa shape index (κ2) is 8.16. The first-order valence-corrected chi connectivity index (χ1v) is 9.32. The number of ether oxygens (including phenoxy) is 3. The zero-order valence-electron chi connectivity index (χ0n) is 15.2. The van der Waals surface area contributed by atoms with E-state index in [0.717, 1.165) is 43.9 Å². The van der Waals surface area contributed by atoms with E-state index in [9.17, 15) is 0 Å². The molecular formula is C21H26N2O3. The number of morpholine rings is 1. The van der Waals surface area contributed by atoms with Gasteiger partial charge in [-0.15, -0.1) is 0 Å². The molecule has 4 rings (SSSR count). The lowest BCUT2D eigenvalue weighted by atomic mass is 10.1. The Balaban J connectivity index is 1.36. The predicted octanol–water partition coefficient (Wildman–Crippen LogP) is 3.04. The van der Waals surface area contributed by atoms with Crippen LogP contribution in [0.4, 0.5) is 0 Å². The van der Waals surface area contributed by atoms with Gasteiger partial charge in [0.15, 0.2) is 0 Å². The van der Waals surface area contributed by atoms with Gasteiger partial charge in [0, 0.05) is 31.5 Å². The average molecular weight is 354 g/mol. The molecule has 1 aliphatic carbocycles. The molecule has 1 saturated heterocycles. The summed E-state index contributed by atoms with van der Waals surface area (Å²) in [4.78, 5) is 6.70.